The Morgan fingerprint density at radius 1 is 1.37 bits per heavy atom. The van der Waals surface area contributed by atoms with Gasteiger partial charge in [-0.05, 0) is 18.4 Å². The van der Waals surface area contributed by atoms with Gasteiger partial charge in [-0.25, -0.2) is 14.8 Å². The number of carbonyl (C=O) groups is 1. The Morgan fingerprint density at radius 2 is 2.15 bits per heavy atom. The van der Waals surface area contributed by atoms with Crippen LogP contribution in [0.25, 0.3) is 0 Å². The van der Waals surface area contributed by atoms with E-state index in [2.05, 4.69) is 21.4 Å². The lowest BCUT2D eigenvalue weighted by molar-refractivity contribution is -0.142. The minimum absolute atomic E-state index is 0.304. The Labute approximate surface area is 158 Å². The van der Waals surface area contributed by atoms with Gasteiger partial charge in [0.05, 0.1) is 19.9 Å². The summed E-state index contributed by atoms with van der Waals surface area (Å²) in [5.41, 5.74) is 1.37. The van der Waals surface area contributed by atoms with Gasteiger partial charge in [-0.3, -0.25) is 0 Å². The summed E-state index contributed by atoms with van der Waals surface area (Å²) in [6.45, 7) is 0.835. The van der Waals surface area contributed by atoms with Crippen molar-refractivity contribution in [1.82, 2.24) is 9.97 Å². The molecule has 0 bridgehead atoms. The number of nitriles is 1. The Balaban J connectivity index is 1.62. The summed E-state index contributed by atoms with van der Waals surface area (Å²) in [6.07, 6.45) is 4.01. The van der Waals surface area contributed by atoms with Crippen molar-refractivity contribution >= 4 is 11.8 Å². The van der Waals surface area contributed by atoms with Crippen LogP contribution in [0.4, 0.5) is 5.82 Å². The molecule has 0 radical (unpaired) electrons. The van der Waals surface area contributed by atoms with Crippen LogP contribution < -0.4 is 5.32 Å². The molecule has 1 fully saturated rings. The molecule has 3 rings (SSSR count). The third-order valence-electron chi connectivity index (χ3n) is 4.33. The number of benzene rings is 1. The first-order valence-electron chi connectivity index (χ1n) is 8.94. The number of methoxy groups -OCH3 is 1. The quantitative estimate of drug-likeness (QED) is 0.538. The highest BCUT2D eigenvalue weighted by molar-refractivity contribution is 5.79. The van der Waals surface area contributed by atoms with E-state index < -0.39 is 12.0 Å². The first-order valence-corrected chi connectivity index (χ1v) is 8.94. The number of esters is 1. The van der Waals surface area contributed by atoms with E-state index in [4.69, 9.17) is 9.47 Å². The summed E-state index contributed by atoms with van der Waals surface area (Å²) in [6, 6.07) is 11.2. The maximum absolute atomic E-state index is 12.1. The summed E-state index contributed by atoms with van der Waals surface area (Å²) >= 11 is 0. The van der Waals surface area contributed by atoms with Gasteiger partial charge in [-0.2, -0.15) is 5.26 Å². The van der Waals surface area contributed by atoms with Gasteiger partial charge in [0.25, 0.3) is 0 Å². The molecule has 1 saturated carbocycles. The highest BCUT2D eigenvalue weighted by Gasteiger charge is 2.28. The van der Waals surface area contributed by atoms with E-state index in [9.17, 15) is 10.1 Å². The summed E-state index contributed by atoms with van der Waals surface area (Å²) in [5, 5.41) is 12.3. The molecule has 1 aliphatic carbocycles. The minimum atomic E-state index is -0.653. The van der Waals surface area contributed by atoms with Crippen molar-refractivity contribution in [2.24, 2.45) is 0 Å². The lowest BCUT2D eigenvalue weighted by Gasteiger charge is -2.18. The fourth-order valence-electron chi connectivity index (χ4n) is 2.65. The van der Waals surface area contributed by atoms with Crippen LogP contribution in [-0.2, 0) is 20.9 Å². The lowest BCUT2D eigenvalue weighted by Crippen LogP contribution is -2.32. The molecular formula is C20H22N4O3. The number of hydrogen-bond donors (Lipinski definition) is 1. The first-order chi connectivity index (χ1) is 13.2. The predicted octanol–water partition coefficient (Wildman–Crippen LogP) is 2.79. The molecule has 1 aromatic carbocycles. The number of carbonyl (C=O) groups excluding carboxylic acids is 1. The first kappa shape index (κ1) is 18.8. The average molecular weight is 366 g/mol. The number of anilines is 1. The number of hydrogen-bond acceptors (Lipinski definition) is 7. The Bertz CT molecular complexity index is 816. The number of aromatic nitrogens is 2. The SMILES string of the molecule is COC(=O)[C@H](CCOCc1ccccc1)Nc1nc(C2CC2)ncc1C#N. The van der Waals surface area contributed by atoms with Crippen molar-refractivity contribution in [3.05, 3.63) is 53.5 Å². The molecular weight excluding hydrogens is 344 g/mol. The zero-order valence-electron chi connectivity index (χ0n) is 15.2. The fraction of sp³-hybridized carbons (Fsp3) is 0.400. The second-order valence-electron chi connectivity index (χ2n) is 6.42. The zero-order chi connectivity index (χ0) is 19.1. The van der Waals surface area contributed by atoms with Gasteiger partial charge in [0.15, 0.2) is 0 Å². The van der Waals surface area contributed by atoms with Crippen molar-refractivity contribution in [3.63, 3.8) is 0 Å². The smallest absolute Gasteiger partial charge is 0.328 e. The van der Waals surface area contributed by atoms with Gasteiger partial charge >= 0.3 is 5.97 Å². The van der Waals surface area contributed by atoms with Gasteiger partial charge in [-0.15, -0.1) is 0 Å². The van der Waals surface area contributed by atoms with Crippen molar-refractivity contribution < 1.29 is 14.3 Å². The van der Waals surface area contributed by atoms with E-state index in [1.807, 2.05) is 30.3 Å². The zero-order valence-corrected chi connectivity index (χ0v) is 15.2. The number of nitrogens with one attached hydrogen (secondary N) is 1. The van der Waals surface area contributed by atoms with Crippen LogP contribution in [0.5, 0.6) is 0 Å². The molecule has 1 heterocycles. The molecule has 0 spiro atoms. The van der Waals surface area contributed by atoms with Gasteiger partial charge in [0.1, 0.15) is 29.3 Å². The van der Waals surface area contributed by atoms with Crippen molar-refractivity contribution in [2.75, 3.05) is 19.0 Å². The Morgan fingerprint density at radius 3 is 2.81 bits per heavy atom. The maximum atomic E-state index is 12.1. The van der Waals surface area contributed by atoms with Crippen LogP contribution in [-0.4, -0.2) is 35.7 Å². The molecule has 7 heteroatoms. The summed E-state index contributed by atoms with van der Waals surface area (Å²) in [7, 11) is 1.34. The van der Waals surface area contributed by atoms with Crippen molar-refractivity contribution in [1.29, 1.82) is 5.26 Å². The number of nitrogens with zero attached hydrogens (tertiary/aromatic N) is 3. The van der Waals surface area contributed by atoms with E-state index in [1.54, 1.807) is 0 Å². The molecule has 0 aliphatic heterocycles. The summed E-state index contributed by atoms with van der Waals surface area (Å²) < 4.78 is 10.5. The molecule has 140 valence electrons. The highest BCUT2D eigenvalue weighted by atomic mass is 16.5. The molecule has 0 amide bonds. The molecule has 1 N–H and O–H groups in total. The van der Waals surface area contributed by atoms with Gasteiger partial charge in [-0.1, -0.05) is 30.3 Å². The maximum Gasteiger partial charge on any atom is 0.328 e. The predicted molar refractivity (Wildman–Crippen MR) is 98.9 cm³/mol. The van der Waals surface area contributed by atoms with Gasteiger partial charge < -0.3 is 14.8 Å². The van der Waals surface area contributed by atoms with Crippen LogP contribution in [0, 0.1) is 11.3 Å². The normalized spacial score (nSPS) is 14.2. The monoisotopic (exact) mass is 366 g/mol. The topological polar surface area (TPSA) is 97.1 Å². The third kappa shape index (κ3) is 5.25. The van der Waals surface area contributed by atoms with Crippen molar-refractivity contribution in [3.8, 4) is 6.07 Å². The molecule has 1 atom stereocenters. The van der Waals surface area contributed by atoms with Crippen LogP contribution in [0.3, 0.4) is 0 Å². The number of rotatable bonds is 9. The molecule has 2 aromatic rings. The van der Waals surface area contributed by atoms with Crippen LogP contribution in [0.1, 0.15) is 42.1 Å². The third-order valence-corrected chi connectivity index (χ3v) is 4.33. The summed E-state index contributed by atoms with van der Waals surface area (Å²) in [5.74, 6) is 1.01. The largest absolute Gasteiger partial charge is 0.467 e. The lowest BCUT2D eigenvalue weighted by atomic mass is 10.2. The van der Waals surface area contributed by atoms with Crippen LogP contribution in [0.2, 0.25) is 0 Å². The Hall–Kier alpha value is -2.98. The molecule has 27 heavy (non-hydrogen) atoms. The van der Waals surface area contributed by atoms with Crippen LogP contribution >= 0.6 is 0 Å². The van der Waals surface area contributed by atoms with E-state index in [-0.39, 0.29) is 0 Å². The molecule has 0 saturated heterocycles. The molecule has 0 unspecified atom stereocenters. The van der Waals surface area contributed by atoms with Crippen molar-refractivity contribution in [2.45, 2.75) is 37.8 Å². The van der Waals surface area contributed by atoms with Gasteiger partial charge in [0, 0.05) is 18.9 Å². The second-order valence-corrected chi connectivity index (χ2v) is 6.42. The molecule has 1 aromatic heterocycles. The number of ether oxygens (including phenoxy) is 2. The average Bonchev–Trinajstić information content (AvgIpc) is 3.55. The van der Waals surface area contributed by atoms with Gasteiger partial charge in [0.2, 0.25) is 0 Å². The van der Waals surface area contributed by atoms with E-state index >= 15 is 0 Å². The van der Waals surface area contributed by atoms with Crippen LogP contribution in [0.15, 0.2) is 36.5 Å². The minimum Gasteiger partial charge on any atom is -0.467 e. The second kappa shape index (κ2) is 9.10. The standard InChI is InChI=1S/C20H22N4O3/c1-26-20(25)17(9-10-27-13-14-5-3-2-4-6-14)23-19-16(11-21)12-22-18(24-19)15-7-8-15/h2-6,12,15,17H,7-10,13H2,1H3,(H,22,23,24)/t17-/m0/s1. The highest BCUT2D eigenvalue weighted by Crippen LogP contribution is 2.38. The van der Waals surface area contributed by atoms with E-state index in [0.29, 0.717) is 42.8 Å². The molecule has 7 nitrogen and oxygen atoms in total. The van der Waals surface area contributed by atoms with E-state index in [1.165, 1.54) is 13.3 Å². The fourth-order valence-corrected chi connectivity index (χ4v) is 2.65. The molecule has 1 aliphatic rings. The summed E-state index contributed by atoms with van der Waals surface area (Å²) in [4.78, 5) is 20.8. The van der Waals surface area contributed by atoms with E-state index in [0.717, 1.165) is 18.4 Å². The Kier molecular flexibility index (Phi) is 6.34.